The minimum atomic E-state index is 0.345. The number of rotatable bonds is 1. The maximum Gasteiger partial charge on any atom is 0.115 e. The molecule has 0 heterocycles. The first-order valence-electron chi connectivity index (χ1n) is 6.21. The summed E-state index contributed by atoms with van der Waals surface area (Å²) in [5.74, 6) is 0.846. The van der Waals surface area contributed by atoms with Gasteiger partial charge >= 0.3 is 0 Å². The molecule has 2 aromatic carbocycles. The first-order valence-corrected chi connectivity index (χ1v) is 6.21. The molecule has 1 N–H and O–H groups in total. The molecule has 0 saturated heterocycles. The lowest BCUT2D eigenvalue weighted by molar-refractivity contribution is 0.474. The van der Waals surface area contributed by atoms with Crippen molar-refractivity contribution in [1.29, 1.82) is 0 Å². The van der Waals surface area contributed by atoms with Crippen LogP contribution in [0.3, 0.4) is 0 Å². The third kappa shape index (κ3) is 1.93. The molecule has 0 spiro atoms. The Balaban J connectivity index is 2.03. The SMILES string of the molecule is Oc1ccc([C@H]2CCCc3ccccc32)cc1. The van der Waals surface area contributed by atoms with E-state index in [0.29, 0.717) is 11.7 Å². The monoisotopic (exact) mass is 224 g/mol. The molecule has 0 amide bonds. The average Bonchev–Trinajstić information content (AvgIpc) is 2.39. The minimum Gasteiger partial charge on any atom is -0.508 e. The third-order valence-corrected chi connectivity index (χ3v) is 3.66. The lowest BCUT2D eigenvalue weighted by Crippen LogP contribution is -2.10. The van der Waals surface area contributed by atoms with E-state index in [1.165, 1.54) is 36.0 Å². The van der Waals surface area contributed by atoms with E-state index in [1.54, 1.807) is 12.1 Å². The molecule has 0 aromatic heterocycles. The molecule has 1 atom stereocenters. The Labute approximate surface area is 102 Å². The summed E-state index contributed by atoms with van der Waals surface area (Å²) < 4.78 is 0. The van der Waals surface area contributed by atoms with Gasteiger partial charge in [-0.05, 0) is 48.1 Å². The number of fused-ring (bicyclic) bond motifs is 1. The van der Waals surface area contributed by atoms with Gasteiger partial charge in [0.25, 0.3) is 0 Å². The van der Waals surface area contributed by atoms with Gasteiger partial charge < -0.3 is 5.11 Å². The quantitative estimate of drug-likeness (QED) is 0.779. The smallest absolute Gasteiger partial charge is 0.115 e. The predicted molar refractivity (Wildman–Crippen MR) is 69.3 cm³/mol. The van der Waals surface area contributed by atoms with E-state index in [-0.39, 0.29) is 0 Å². The number of phenolic OH excluding ortho intramolecular Hbond substituents is 1. The van der Waals surface area contributed by atoms with E-state index in [0.717, 1.165) is 0 Å². The highest BCUT2D eigenvalue weighted by Gasteiger charge is 2.20. The van der Waals surface area contributed by atoms with E-state index < -0.39 is 0 Å². The standard InChI is InChI=1S/C16H16O/c17-14-10-8-13(9-11-14)16-7-3-5-12-4-1-2-6-15(12)16/h1-2,4,6,8-11,16-17H,3,5,7H2/t16-/m1/s1. The van der Waals surface area contributed by atoms with Crippen molar-refractivity contribution in [3.8, 4) is 5.75 Å². The van der Waals surface area contributed by atoms with Crippen molar-refractivity contribution in [3.05, 3.63) is 65.2 Å². The molecule has 2 aromatic rings. The lowest BCUT2D eigenvalue weighted by Gasteiger charge is -2.25. The van der Waals surface area contributed by atoms with Crippen LogP contribution in [0.15, 0.2) is 48.5 Å². The van der Waals surface area contributed by atoms with Crippen LogP contribution < -0.4 is 0 Å². The van der Waals surface area contributed by atoms with E-state index in [4.69, 9.17) is 0 Å². The Hall–Kier alpha value is -1.76. The zero-order valence-electron chi connectivity index (χ0n) is 9.76. The van der Waals surface area contributed by atoms with E-state index in [9.17, 15) is 5.11 Å². The van der Waals surface area contributed by atoms with Crippen LogP contribution in [0, 0.1) is 0 Å². The second-order valence-electron chi connectivity index (χ2n) is 4.74. The first kappa shape index (κ1) is 10.4. The van der Waals surface area contributed by atoms with Gasteiger partial charge in [-0.1, -0.05) is 36.4 Å². The van der Waals surface area contributed by atoms with Gasteiger partial charge in [0, 0.05) is 5.92 Å². The Morgan fingerprint density at radius 3 is 2.53 bits per heavy atom. The summed E-state index contributed by atoms with van der Waals surface area (Å²) in [7, 11) is 0. The maximum atomic E-state index is 9.35. The fourth-order valence-electron chi connectivity index (χ4n) is 2.81. The van der Waals surface area contributed by atoms with E-state index in [2.05, 4.69) is 24.3 Å². The number of hydrogen-bond acceptors (Lipinski definition) is 1. The van der Waals surface area contributed by atoms with Crippen LogP contribution in [0.2, 0.25) is 0 Å². The third-order valence-electron chi connectivity index (χ3n) is 3.66. The molecule has 0 bridgehead atoms. The Kier molecular flexibility index (Phi) is 2.60. The molecule has 1 aliphatic carbocycles. The summed E-state index contributed by atoms with van der Waals surface area (Å²) in [6.07, 6.45) is 3.66. The van der Waals surface area contributed by atoms with E-state index >= 15 is 0 Å². The topological polar surface area (TPSA) is 20.2 Å². The number of benzene rings is 2. The molecular formula is C16H16O. The van der Waals surface area contributed by atoms with Gasteiger partial charge in [-0.15, -0.1) is 0 Å². The summed E-state index contributed by atoms with van der Waals surface area (Å²) in [6.45, 7) is 0. The second-order valence-corrected chi connectivity index (χ2v) is 4.74. The fraction of sp³-hybridized carbons (Fsp3) is 0.250. The number of aryl methyl sites for hydroxylation is 1. The normalized spacial score (nSPS) is 18.7. The van der Waals surface area contributed by atoms with Crippen LogP contribution in [0.4, 0.5) is 0 Å². The molecule has 1 nitrogen and oxygen atoms in total. The average molecular weight is 224 g/mol. The molecular weight excluding hydrogens is 208 g/mol. The number of hydrogen-bond donors (Lipinski definition) is 1. The molecule has 0 radical (unpaired) electrons. The van der Waals surface area contributed by atoms with Crippen LogP contribution in [-0.2, 0) is 6.42 Å². The van der Waals surface area contributed by atoms with Crippen LogP contribution in [0.25, 0.3) is 0 Å². The first-order chi connectivity index (χ1) is 8.34. The molecule has 17 heavy (non-hydrogen) atoms. The van der Waals surface area contributed by atoms with Gasteiger partial charge in [-0.2, -0.15) is 0 Å². The van der Waals surface area contributed by atoms with Crippen molar-refractivity contribution < 1.29 is 5.11 Å². The molecule has 1 heteroatoms. The van der Waals surface area contributed by atoms with Crippen molar-refractivity contribution in [1.82, 2.24) is 0 Å². The van der Waals surface area contributed by atoms with Crippen LogP contribution in [0.1, 0.15) is 35.4 Å². The zero-order chi connectivity index (χ0) is 11.7. The van der Waals surface area contributed by atoms with E-state index in [1.807, 2.05) is 12.1 Å². The molecule has 0 saturated carbocycles. The summed E-state index contributed by atoms with van der Waals surface area (Å²) in [5, 5.41) is 9.35. The molecule has 1 aliphatic rings. The highest BCUT2D eigenvalue weighted by atomic mass is 16.3. The number of phenols is 1. The van der Waals surface area contributed by atoms with Crippen molar-refractivity contribution in [2.75, 3.05) is 0 Å². The predicted octanol–water partition coefficient (Wildman–Crippen LogP) is 3.86. The van der Waals surface area contributed by atoms with Gasteiger partial charge in [0.2, 0.25) is 0 Å². The Morgan fingerprint density at radius 2 is 1.71 bits per heavy atom. The van der Waals surface area contributed by atoms with Crippen molar-refractivity contribution in [2.45, 2.75) is 25.2 Å². The van der Waals surface area contributed by atoms with Crippen LogP contribution >= 0.6 is 0 Å². The highest BCUT2D eigenvalue weighted by molar-refractivity contribution is 5.41. The summed E-state index contributed by atoms with van der Waals surface area (Å²) in [5.41, 5.74) is 4.26. The van der Waals surface area contributed by atoms with Crippen LogP contribution in [0.5, 0.6) is 5.75 Å². The zero-order valence-corrected chi connectivity index (χ0v) is 9.76. The van der Waals surface area contributed by atoms with Crippen LogP contribution in [-0.4, -0.2) is 5.11 Å². The van der Waals surface area contributed by atoms with Gasteiger partial charge in [0.15, 0.2) is 0 Å². The Bertz CT molecular complexity index is 513. The van der Waals surface area contributed by atoms with Crippen molar-refractivity contribution in [2.24, 2.45) is 0 Å². The number of aromatic hydroxyl groups is 1. The van der Waals surface area contributed by atoms with Gasteiger partial charge in [0.1, 0.15) is 5.75 Å². The maximum absolute atomic E-state index is 9.35. The van der Waals surface area contributed by atoms with Gasteiger partial charge in [0.05, 0.1) is 0 Å². The van der Waals surface area contributed by atoms with Gasteiger partial charge in [-0.25, -0.2) is 0 Å². The minimum absolute atomic E-state index is 0.345. The second kappa shape index (κ2) is 4.25. The molecule has 86 valence electrons. The lowest BCUT2D eigenvalue weighted by atomic mass is 9.79. The summed E-state index contributed by atoms with van der Waals surface area (Å²) in [4.78, 5) is 0. The van der Waals surface area contributed by atoms with Crippen molar-refractivity contribution in [3.63, 3.8) is 0 Å². The summed E-state index contributed by atoms with van der Waals surface area (Å²) in [6, 6.07) is 16.4. The van der Waals surface area contributed by atoms with Gasteiger partial charge in [-0.3, -0.25) is 0 Å². The Morgan fingerprint density at radius 1 is 0.941 bits per heavy atom. The molecule has 3 rings (SSSR count). The fourth-order valence-corrected chi connectivity index (χ4v) is 2.81. The molecule has 0 unspecified atom stereocenters. The summed E-state index contributed by atoms with van der Waals surface area (Å²) >= 11 is 0. The largest absolute Gasteiger partial charge is 0.508 e. The molecule has 0 aliphatic heterocycles. The van der Waals surface area contributed by atoms with Crippen molar-refractivity contribution >= 4 is 0 Å². The molecule has 0 fully saturated rings. The highest BCUT2D eigenvalue weighted by Crippen LogP contribution is 2.36.